The molecule has 0 rings (SSSR count). The fourth-order valence-electron chi connectivity index (χ4n) is 0. The number of rotatable bonds is 0. The van der Waals surface area contributed by atoms with Crippen LogP contribution in [0.5, 0.6) is 0 Å². The molecule has 4 nitrogen and oxygen atoms in total. The zero-order valence-corrected chi connectivity index (χ0v) is 6.88. The van der Waals surface area contributed by atoms with Crippen molar-refractivity contribution in [3.63, 3.8) is 0 Å². The maximum absolute atomic E-state index is 8.64. The van der Waals surface area contributed by atoms with Crippen LogP contribution in [0.2, 0.25) is 0 Å². The first-order valence-corrected chi connectivity index (χ1v) is 5.60. The monoisotopic (exact) mass is 219 g/mol. The molecule has 0 radical (unpaired) electrons. The van der Waals surface area contributed by atoms with Crippen molar-refractivity contribution in [2.75, 3.05) is 7.11 Å². The summed E-state index contributed by atoms with van der Waals surface area (Å²) in [5.41, 5.74) is 0. The summed E-state index contributed by atoms with van der Waals surface area (Å²) in [7, 11) is 1.00. The molecule has 0 bridgehead atoms. The third-order valence-corrected chi connectivity index (χ3v) is 0. The van der Waals surface area contributed by atoms with Crippen LogP contribution in [-0.4, -0.2) is 12.2 Å². The Morgan fingerprint density at radius 3 is 1.17 bits per heavy atom. The van der Waals surface area contributed by atoms with Crippen molar-refractivity contribution in [3.8, 4) is 0 Å². The van der Waals surface area contributed by atoms with Crippen LogP contribution >= 0.6 is 0 Å². The Balaban J connectivity index is 0. The molecule has 6 heavy (non-hydrogen) atoms. The summed E-state index contributed by atoms with van der Waals surface area (Å²) >= 11 is -4.47. The van der Waals surface area contributed by atoms with Gasteiger partial charge in [0.1, 0.15) is 0 Å². The maximum atomic E-state index is 8.64. The predicted molar refractivity (Wildman–Crippen MR) is 10.2 cm³/mol. The summed E-state index contributed by atoms with van der Waals surface area (Å²) in [4.78, 5) is 0. The molecule has 0 aliphatic carbocycles. The second-order valence-electron chi connectivity index (χ2n) is 0.289. The number of hydrogen-bond donors (Lipinski definition) is 1. The van der Waals surface area contributed by atoms with Crippen LogP contribution in [0.1, 0.15) is 0 Å². The second-order valence-corrected chi connectivity index (χ2v) is 2.10. The molecule has 0 aromatic carbocycles. The summed E-state index contributed by atoms with van der Waals surface area (Å²) in [6.45, 7) is 0. The van der Waals surface area contributed by atoms with E-state index in [0.717, 1.165) is 7.11 Å². The minimum atomic E-state index is -4.47. The summed E-state index contributed by atoms with van der Waals surface area (Å²) in [5, 5.41) is 7.00. The van der Waals surface area contributed by atoms with E-state index in [-0.39, 0.29) is 0 Å². The molecule has 0 aromatic heterocycles. The zero-order valence-electron chi connectivity index (χ0n) is 3.25. The number of hydrogen-bond acceptors (Lipinski definition) is 4. The Morgan fingerprint density at radius 2 is 1.17 bits per heavy atom. The van der Waals surface area contributed by atoms with Crippen molar-refractivity contribution in [2.45, 2.75) is 0 Å². The van der Waals surface area contributed by atoms with Crippen LogP contribution < -0.4 is 0 Å². The normalized spacial score (nSPS) is 3.50. The fraction of sp³-hybridized carbons (Fsp3) is 1.00. The first-order valence-electron chi connectivity index (χ1n) is 1.15. The Labute approximate surface area is 47.4 Å². The minimum absolute atomic E-state index is 1.00. The molecule has 0 spiro atoms. The van der Waals surface area contributed by atoms with Gasteiger partial charge in [-0.15, -0.1) is 0 Å². The molecule has 0 fully saturated rings. The van der Waals surface area contributed by atoms with E-state index < -0.39 is 30.2 Å². The Bertz CT molecular complexity index is 76.9. The molecular weight excluding hydrogens is 215 g/mol. The average Bonchev–Trinajstić information content (AvgIpc) is 1.41. The van der Waals surface area contributed by atoms with Crippen LogP contribution in [0.15, 0.2) is 0 Å². The van der Waals surface area contributed by atoms with E-state index in [4.69, 9.17) is 10.2 Å². The van der Waals surface area contributed by atoms with Gasteiger partial charge in [-0.25, -0.2) is 0 Å². The van der Waals surface area contributed by atoms with Crippen LogP contribution in [-0.2, 0) is 5.09 Å². The van der Waals surface area contributed by atoms with Gasteiger partial charge in [0.2, 0.25) is 0 Å². The molecule has 0 aromatic rings. The van der Waals surface area contributed by atoms with Crippen LogP contribution in [0, 0.1) is 30.2 Å². The molecule has 0 saturated carbocycles. The summed E-state index contributed by atoms with van der Waals surface area (Å²) in [6.07, 6.45) is 0. The zero-order chi connectivity index (χ0) is 5.58. The van der Waals surface area contributed by atoms with Crippen molar-refractivity contribution >= 4 is 0 Å². The first-order chi connectivity index (χ1) is 2.73. The molecule has 5 heteroatoms. The summed E-state index contributed by atoms with van der Waals surface area (Å²) in [6, 6.07) is 0. The third kappa shape index (κ3) is 187. The van der Waals surface area contributed by atoms with Crippen LogP contribution in [0.4, 0.5) is 0 Å². The van der Waals surface area contributed by atoms with Crippen molar-refractivity contribution in [1.29, 1.82) is 0 Å². The van der Waals surface area contributed by atoms with Gasteiger partial charge in [-0.2, -0.15) is 0 Å². The second kappa shape index (κ2) is 9.12. The van der Waals surface area contributed by atoms with Crippen molar-refractivity contribution in [2.24, 2.45) is 0 Å². The third-order valence-electron chi connectivity index (χ3n) is 0. The Kier molecular flexibility index (Phi) is 14.8. The SMILES string of the molecule is CO.[O]=[La](=[O])=[O]. The number of aliphatic hydroxyl groups is 1. The topological polar surface area (TPSA) is 71.4 Å². The number of aliphatic hydroxyl groups excluding tert-OH is 1. The van der Waals surface area contributed by atoms with E-state index in [0.29, 0.717) is 0 Å². The molecule has 35 valence electrons. The van der Waals surface area contributed by atoms with Crippen LogP contribution in [0.25, 0.3) is 0 Å². The molecule has 0 saturated heterocycles. The average molecular weight is 219 g/mol. The van der Waals surface area contributed by atoms with Crippen LogP contribution in [0.3, 0.4) is 0 Å². The molecule has 1 N–H and O–H groups in total. The van der Waals surface area contributed by atoms with Crippen molar-refractivity contribution < 1.29 is 40.4 Å². The van der Waals surface area contributed by atoms with E-state index in [9.17, 15) is 0 Å². The predicted octanol–water partition coefficient (Wildman–Crippen LogP) is -0.748. The van der Waals surface area contributed by atoms with E-state index in [1.54, 1.807) is 0 Å². The van der Waals surface area contributed by atoms with Gasteiger partial charge in [0.05, 0.1) is 0 Å². The molecular formula is CH4LaO4. The van der Waals surface area contributed by atoms with E-state index in [1.807, 2.05) is 0 Å². The van der Waals surface area contributed by atoms with Gasteiger partial charge in [0.15, 0.2) is 0 Å². The van der Waals surface area contributed by atoms with Crippen molar-refractivity contribution in [3.05, 3.63) is 0 Å². The standard InChI is InChI=1S/CH4O.La.3O/c1-2;;;;/h2H,1H3;;;;. The van der Waals surface area contributed by atoms with Gasteiger partial charge in [-0.05, 0) is 0 Å². The van der Waals surface area contributed by atoms with Gasteiger partial charge in [-0.1, -0.05) is 0 Å². The van der Waals surface area contributed by atoms with Gasteiger partial charge in [0, 0.05) is 7.11 Å². The Morgan fingerprint density at radius 1 is 1.17 bits per heavy atom. The quantitative estimate of drug-likeness (QED) is 0.581. The van der Waals surface area contributed by atoms with E-state index in [2.05, 4.69) is 0 Å². The Hall–Kier alpha value is 0.555. The van der Waals surface area contributed by atoms with E-state index in [1.165, 1.54) is 0 Å². The molecule has 0 heterocycles. The first kappa shape index (κ1) is 9.75. The summed E-state index contributed by atoms with van der Waals surface area (Å²) in [5.74, 6) is 0. The van der Waals surface area contributed by atoms with E-state index >= 15 is 0 Å². The molecule has 0 aliphatic rings. The van der Waals surface area contributed by atoms with Gasteiger partial charge in [-0.3, -0.25) is 0 Å². The molecule has 0 atom stereocenters. The fourth-order valence-corrected chi connectivity index (χ4v) is 0. The van der Waals surface area contributed by atoms with Crippen molar-refractivity contribution in [1.82, 2.24) is 0 Å². The van der Waals surface area contributed by atoms with Gasteiger partial charge in [0.25, 0.3) is 0 Å². The van der Waals surface area contributed by atoms with Gasteiger partial charge >= 0.3 is 35.3 Å². The summed E-state index contributed by atoms with van der Waals surface area (Å²) < 4.78 is 25.9. The molecule has 0 aliphatic heterocycles. The molecule has 0 unspecified atom stereocenters. The molecule has 0 amide bonds. The van der Waals surface area contributed by atoms with Gasteiger partial charge < -0.3 is 5.11 Å².